The van der Waals surface area contributed by atoms with E-state index in [4.69, 9.17) is 5.11 Å². The Morgan fingerprint density at radius 3 is 2.60 bits per heavy atom. The Labute approximate surface area is 59.8 Å². The molecule has 54 valence electrons. The van der Waals surface area contributed by atoms with Crippen LogP contribution in [0.25, 0.3) is 0 Å². The molecule has 0 unspecified atom stereocenters. The third-order valence-corrected chi connectivity index (χ3v) is 1.15. The summed E-state index contributed by atoms with van der Waals surface area (Å²) in [6.45, 7) is 1.74. The van der Waals surface area contributed by atoms with Crippen LogP contribution >= 0.6 is 0 Å². The zero-order valence-corrected chi connectivity index (χ0v) is 5.86. The number of aliphatic hydroxyl groups excluding tert-OH is 1. The molecule has 1 aromatic heterocycles. The maximum Gasteiger partial charge on any atom is 0.115 e. The van der Waals surface area contributed by atoms with Gasteiger partial charge in [0, 0.05) is 18.8 Å². The third-order valence-electron chi connectivity index (χ3n) is 1.15. The molecule has 1 heterocycles. The molecule has 0 aliphatic carbocycles. The van der Waals surface area contributed by atoms with Gasteiger partial charge >= 0.3 is 0 Å². The molecule has 0 bridgehead atoms. The van der Waals surface area contributed by atoms with E-state index in [1.54, 1.807) is 19.3 Å². The molecule has 0 spiro atoms. The van der Waals surface area contributed by atoms with E-state index in [1.807, 2.05) is 0 Å². The summed E-state index contributed by atoms with van der Waals surface area (Å²) in [4.78, 5) is 7.63. The molecule has 1 rings (SSSR count). The molecule has 1 atom stereocenters. The van der Waals surface area contributed by atoms with E-state index in [9.17, 15) is 0 Å². The van der Waals surface area contributed by atoms with Crippen LogP contribution in [0.1, 0.15) is 12.5 Å². The first-order valence-corrected chi connectivity index (χ1v) is 3.21. The normalized spacial score (nSPS) is 13.0. The summed E-state index contributed by atoms with van der Waals surface area (Å²) < 4.78 is 0. The maximum atomic E-state index is 8.95. The van der Waals surface area contributed by atoms with Gasteiger partial charge in [-0.3, -0.25) is 0 Å². The van der Waals surface area contributed by atoms with E-state index in [0.717, 1.165) is 5.56 Å². The molecule has 0 radical (unpaired) electrons. The number of nitrogens with zero attached hydrogens (tertiary/aromatic N) is 2. The number of aromatic nitrogens is 2. The molecule has 3 heteroatoms. The van der Waals surface area contributed by atoms with Gasteiger partial charge in [-0.2, -0.15) is 0 Å². The van der Waals surface area contributed by atoms with Crippen LogP contribution in [0.4, 0.5) is 0 Å². The molecule has 0 saturated heterocycles. The molecule has 0 aliphatic heterocycles. The van der Waals surface area contributed by atoms with Crippen LogP contribution in [0.2, 0.25) is 0 Å². The fourth-order valence-corrected chi connectivity index (χ4v) is 0.776. The molecule has 0 aromatic carbocycles. The lowest BCUT2D eigenvalue weighted by molar-refractivity contribution is 0.195. The number of rotatable bonds is 2. The summed E-state index contributed by atoms with van der Waals surface area (Å²) in [7, 11) is 0. The van der Waals surface area contributed by atoms with E-state index in [0.29, 0.717) is 6.42 Å². The fourth-order valence-electron chi connectivity index (χ4n) is 0.776. The highest BCUT2D eigenvalue weighted by molar-refractivity contribution is 5.03. The zero-order valence-electron chi connectivity index (χ0n) is 5.86. The van der Waals surface area contributed by atoms with Gasteiger partial charge in [0.05, 0.1) is 6.10 Å². The second-order valence-corrected chi connectivity index (χ2v) is 2.30. The minimum absolute atomic E-state index is 0.314. The smallest absolute Gasteiger partial charge is 0.115 e. The highest BCUT2D eigenvalue weighted by Gasteiger charge is 1.97. The molecule has 10 heavy (non-hydrogen) atoms. The first-order valence-electron chi connectivity index (χ1n) is 3.21. The van der Waals surface area contributed by atoms with Gasteiger partial charge in [-0.1, -0.05) is 0 Å². The first kappa shape index (κ1) is 7.15. The molecular formula is C7H10N2O. The van der Waals surface area contributed by atoms with Crippen molar-refractivity contribution in [3.05, 3.63) is 24.3 Å². The van der Waals surface area contributed by atoms with Crippen LogP contribution in [0.5, 0.6) is 0 Å². The summed E-state index contributed by atoms with van der Waals surface area (Å²) >= 11 is 0. The Hall–Kier alpha value is -0.960. The van der Waals surface area contributed by atoms with Crippen LogP contribution in [0.15, 0.2) is 18.7 Å². The molecule has 0 amide bonds. The second kappa shape index (κ2) is 3.27. The maximum absolute atomic E-state index is 8.95. The fraction of sp³-hybridized carbons (Fsp3) is 0.429. The topological polar surface area (TPSA) is 46.0 Å². The molecular weight excluding hydrogens is 128 g/mol. The summed E-state index contributed by atoms with van der Waals surface area (Å²) in [6.07, 6.45) is 5.21. The highest BCUT2D eigenvalue weighted by atomic mass is 16.3. The number of hydrogen-bond donors (Lipinski definition) is 1. The van der Waals surface area contributed by atoms with Crippen LogP contribution in [0, 0.1) is 0 Å². The van der Waals surface area contributed by atoms with Crippen molar-refractivity contribution in [1.29, 1.82) is 0 Å². The Balaban J connectivity index is 2.59. The molecule has 0 aliphatic rings. The summed E-state index contributed by atoms with van der Waals surface area (Å²) in [6, 6.07) is 0. The Kier molecular flexibility index (Phi) is 2.34. The first-order chi connectivity index (χ1) is 4.79. The van der Waals surface area contributed by atoms with Gasteiger partial charge < -0.3 is 5.11 Å². The van der Waals surface area contributed by atoms with Gasteiger partial charge in [0.15, 0.2) is 0 Å². The lowest BCUT2D eigenvalue weighted by Crippen LogP contribution is -2.04. The van der Waals surface area contributed by atoms with Crippen molar-refractivity contribution in [1.82, 2.24) is 9.97 Å². The van der Waals surface area contributed by atoms with E-state index >= 15 is 0 Å². The zero-order chi connectivity index (χ0) is 7.40. The van der Waals surface area contributed by atoms with Crippen molar-refractivity contribution in [2.24, 2.45) is 0 Å². The number of aliphatic hydroxyl groups is 1. The van der Waals surface area contributed by atoms with Gasteiger partial charge in [0.2, 0.25) is 0 Å². The Morgan fingerprint density at radius 1 is 1.50 bits per heavy atom. The average molecular weight is 138 g/mol. The lowest BCUT2D eigenvalue weighted by atomic mass is 10.2. The van der Waals surface area contributed by atoms with E-state index in [-0.39, 0.29) is 6.10 Å². The van der Waals surface area contributed by atoms with Crippen molar-refractivity contribution in [3.63, 3.8) is 0 Å². The van der Waals surface area contributed by atoms with Gasteiger partial charge in [-0.15, -0.1) is 0 Å². The van der Waals surface area contributed by atoms with Crippen LogP contribution in [-0.2, 0) is 6.42 Å². The SMILES string of the molecule is C[C@H](O)Cc1cncnc1. The van der Waals surface area contributed by atoms with Gasteiger partial charge in [0.25, 0.3) is 0 Å². The quantitative estimate of drug-likeness (QED) is 0.643. The molecule has 1 N–H and O–H groups in total. The minimum atomic E-state index is -0.314. The van der Waals surface area contributed by atoms with Gasteiger partial charge in [0.1, 0.15) is 6.33 Å². The summed E-state index contributed by atoms with van der Waals surface area (Å²) in [5.74, 6) is 0. The molecule has 0 saturated carbocycles. The van der Waals surface area contributed by atoms with Gasteiger partial charge in [-0.05, 0) is 12.5 Å². The van der Waals surface area contributed by atoms with Crippen molar-refractivity contribution in [3.8, 4) is 0 Å². The van der Waals surface area contributed by atoms with E-state index < -0.39 is 0 Å². The van der Waals surface area contributed by atoms with Gasteiger partial charge in [-0.25, -0.2) is 9.97 Å². The van der Waals surface area contributed by atoms with Crippen molar-refractivity contribution < 1.29 is 5.11 Å². The predicted molar refractivity (Wildman–Crippen MR) is 37.4 cm³/mol. The Bertz CT molecular complexity index is 186. The van der Waals surface area contributed by atoms with E-state index in [1.165, 1.54) is 6.33 Å². The van der Waals surface area contributed by atoms with Crippen LogP contribution in [-0.4, -0.2) is 21.2 Å². The minimum Gasteiger partial charge on any atom is -0.393 e. The lowest BCUT2D eigenvalue weighted by Gasteiger charge is -2.00. The monoisotopic (exact) mass is 138 g/mol. The summed E-state index contributed by atoms with van der Waals surface area (Å²) in [5.41, 5.74) is 0.970. The molecule has 0 fully saturated rings. The van der Waals surface area contributed by atoms with Crippen molar-refractivity contribution in [2.45, 2.75) is 19.4 Å². The number of hydrogen-bond acceptors (Lipinski definition) is 3. The average Bonchev–Trinajstić information content (AvgIpc) is 1.88. The highest BCUT2D eigenvalue weighted by Crippen LogP contribution is 1.97. The van der Waals surface area contributed by atoms with Crippen LogP contribution < -0.4 is 0 Å². The standard InChI is InChI=1S/C7H10N2O/c1-6(10)2-7-3-8-5-9-4-7/h3-6,10H,2H2,1H3/t6-/m0/s1. The molecule has 3 nitrogen and oxygen atoms in total. The predicted octanol–water partition coefficient (Wildman–Crippen LogP) is 0.400. The van der Waals surface area contributed by atoms with Crippen LogP contribution in [0.3, 0.4) is 0 Å². The van der Waals surface area contributed by atoms with E-state index in [2.05, 4.69) is 9.97 Å². The largest absolute Gasteiger partial charge is 0.393 e. The molecule has 1 aromatic rings. The van der Waals surface area contributed by atoms with Crippen molar-refractivity contribution >= 4 is 0 Å². The van der Waals surface area contributed by atoms with Crippen molar-refractivity contribution in [2.75, 3.05) is 0 Å². The Morgan fingerprint density at radius 2 is 2.10 bits per heavy atom. The third kappa shape index (κ3) is 2.11. The summed E-state index contributed by atoms with van der Waals surface area (Å²) in [5, 5.41) is 8.95. The second-order valence-electron chi connectivity index (χ2n) is 2.30.